The number of likely N-dealkylation sites (N-methyl/N-ethyl adjacent to an activating group) is 1. The maximum Gasteiger partial charge on any atom is 0.389 e. The van der Waals surface area contributed by atoms with Gasteiger partial charge in [-0.25, -0.2) is 0 Å². The van der Waals surface area contributed by atoms with Crippen LogP contribution in [0.1, 0.15) is 32.6 Å². The molecule has 3 nitrogen and oxygen atoms in total. The van der Waals surface area contributed by atoms with Gasteiger partial charge < -0.3 is 10.2 Å². The van der Waals surface area contributed by atoms with Crippen LogP contribution in [0.25, 0.3) is 0 Å². The van der Waals surface area contributed by atoms with Crippen LogP contribution in [0.5, 0.6) is 0 Å². The zero-order valence-electron chi connectivity index (χ0n) is 10.0. The van der Waals surface area contributed by atoms with Crippen LogP contribution in [0.2, 0.25) is 0 Å². The summed E-state index contributed by atoms with van der Waals surface area (Å²) in [7, 11) is 0. The number of nitrogens with zero attached hydrogens (tertiary/aromatic N) is 1. The van der Waals surface area contributed by atoms with Crippen molar-refractivity contribution in [2.45, 2.75) is 44.8 Å². The maximum atomic E-state index is 12.0. The molecule has 1 aliphatic heterocycles. The summed E-state index contributed by atoms with van der Waals surface area (Å²) in [5.74, 6) is -0.390. The summed E-state index contributed by atoms with van der Waals surface area (Å²) in [5, 5.41) is 3.16. The lowest BCUT2D eigenvalue weighted by Gasteiger charge is -2.34. The highest BCUT2D eigenvalue weighted by Gasteiger charge is 2.30. The SMILES string of the molecule is CCN(C(=O)CCC(F)(F)F)C1CCCNC1. The predicted octanol–water partition coefficient (Wildman–Crippen LogP) is 1.93. The highest BCUT2D eigenvalue weighted by Crippen LogP contribution is 2.22. The molecular formula is C11H19F3N2O. The zero-order valence-corrected chi connectivity index (χ0v) is 10.0. The fourth-order valence-electron chi connectivity index (χ4n) is 2.13. The Morgan fingerprint density at radius 1 is 1.47 bits per heavy atom. The van der Waals surface area contributed by atoms with Crippen LogP contribution < -0.4 is 5.32 Å². The Kier molecular flexibility index (Phi) is 5.24. The van der Waals surface area contributed by atoms with E-state index in [1.165, 1.54) is 0 Å². The molecule has 1 aliphatic rings. The molecular weight excluding hydrogens is 233 g/mol. The van der Waals surface area contributed by atoms with Gasteiger partial charge in [-0.15, -0.1) is 0 Å². The molecule has 0 aliphatic carbocycles. The van der Waals surface area contributed by atoms with Gasteiger partial charge in [0, 0.05) is 25.6 Å². The van der Waals surface area contributed by atoms with Crippen molar-refractivity contribution >= 4 is 5.91 Å². The van der Waals surface area contributed by atoms with Gasteiger partial charge in [0.1, 0.15) is 0 Å². The molecule has 1 saturated heterocycles. The number of nitrogens with one attached hydrogen (secondary N) is 1. The molecule has 100 valence electrons. The second kappa shape index (κ2) is 6.23. The fraction of sp³-hybridized carbons (Fsp3) is 0.909. The van der Waals surface area contributed by atoms with Gasteiger partial charge in [0.15, 0.2) is 0 Å². The van der Waals surface area contributed by atoms with Gasteiger partial charge in [0.25, 0.3) is 0 Å². The van der Waals surface area contributed by atoms with Gasteiger partial charge in [-0.2, -0.15) is 13.2 Å². The lowest BCUT2D eigenvalue weighted by Crippen LogP contribution is -2.48. The Morgan fingerprint density at radius 2 is 2.18 bits per heavy atom. The number of amides is 1. The van der Waals surface area contributed by atoms with Crippen LogP contribution in [0.15, 0.2) is 0 Å². The highest BCUT2D eigenvalue weighted by molar-refractivity contribution is 5.76. The molecule has 0 spiro atoms. The Balaban J connectivity index is 2.45. The molecule has 0 aromatic rings. The van der Waals surface area contributed by atoms with Crippen molar-refractivity contribution in [3.8, 4) is 0 Å². The lowest BCUT2D eigenvalue weighted by molar-refractivity contribution is -0.150. The molecule has 1 unspecified atom stereocenters. The number of hydrogen-bond acceptors (Lipinski definition) is 2. The summed E-state index contributed by atoms with van der Waals surface area (Å²) in [5.41, 5.74) is 0. The third-order valence-corrected chi connectivity index (χ3v) is 3.00. The quantitative estimate of drug-likeness (QED) is 0.829. The topological polar surface area (TPSA) is 32.3 Å². The third kappa shape index (κ3) is 4.93. The molecule has 1 N–H and O–H groups in total. The van der Waals surface area contributed by atoms with Gasteiger partial charge in [-0.1, -0.05) is 0 Å². The first-order chi connectivity index (χ1) is 7.94. The van der Waals surface area contributed by atoms with Crippen molar-refractivity contribution in [1.29, 1.82) is 0 Å². The molecule has 0 bridgehead atoms. The van der Waals surface area contributed by atoms with E-state index in [0.29, 0.717) is 13.1 Å². The van der Waals surface area contributed by atoms with Crippen molar-refractivity contribution < 1.29 is 18.0 Å². The summed E-state index contributed by atoms with van der Waals surface area (Å²) in [6, 6.07) is 0.0504. The smallest absolute Gasteiger partial charge is 0.339 e. The fourth-order valence-corrected chi connectivity index (χ4v) is 2.13. The lowest BCUT2D eigenvalue weighted by atomic mass is 10.1. The van der Waals surface area contributed by atoms with Gasteiger partial charge in [-0.05, 0) is 26.3 Å². The third-order valence-electron chi connectivity index (χ3n) is 3.00. The van der Waals surface area contributed by atoms with Crippen molar-refractivity contribution in [2.24, 2.45) is 0 Å². The average molecular weight is 252 g/mol. The van der Waals surface area contributed by atoms with Crippen molar-refractivity contribution in [3.63, 3.8) is 0 Å². The largest absolute Gasteiger partial charge is 0.389 e. The minimum absolute atomic E-state index is 0.0504. The van der Waals surface area contributed by atoms with E-state index in [1.54, 1.807) is 11.8 Å². The molecule has 0 aromatic heterocycles. The summed E-state index contributed by atoms with van der Waals surface area (Å²) < 4.78 is 36.1. The summed E-state index contributed by atoms with van der Waals surface area (Å²) in [6.45, 7) is 3.89. The number of hydrogen-bond donors (Lipinski definition) is 1. The number of rotatable bonds is 4. The summed E-state index contributed by atoms with van der Waals surface area (Å²) >= 11 is 0. The second-order valence-corrected chi connectivity index (χ2v) is 4.30. The second-order valence-electron chi connectivity index (χ2n) is 4.30. The molecule has 6 heteroatoms. The minimum atomic E-state index is -4.25. The van der Waals surface area contributed by atoms with Gasteiger partial charge >= 0.3 is 6.18 Å². The Hall–Kier alpha value is -0.780. The molecule has 1 heterocycles. The van der Waals surface area contributed by atoms with Gasteiger partial charge in [0.2, 0.25) is 5.91 Å². The zero-order chi connectivity index (χ0) is 12.9. The number of carbonyl (C=O) groups is 1. The monoisotopic (exact) mass is 252 g/mol. The number of piperidine rings is 1. The van der Waals surface area contributed by atoms with E-state index in [2.05, 4.69) is 5.32 Å². The average Bonchev–Trinajstić information content (AvgIpc) is 2.28. The van der Waals surface area contributed by atoms with Crippen LogP contribution in [0, 0.1) is 0 Å². The number of halogens is 3. The molecule has 1 atom stereocenters. The predicted molar refractivity (Wildman–Crippen MR) is 58.6 cm³/mol. The number of carbonyl (C=O) groups excluding carboxylic acids is 1. The molecule has 1 rings (SSSR count). The minimum Gasteiger partial charge on any atom is -0.339 e. The molecule has 1 fully saturated rings. The van der Waals surface area contributed by atoms with E-state index in [-0.39, 0.29) is 6.04 Å². The Labute approximate surface area is 99.4 Å². The van der Waals surface area contributed by atoms with Crippen molar-refractivity contribution in [1.82, 2.24) is 10.2 Å². The molecule has 0 saturated carbocycles. The van der Waals surface area contributed by atoms with Crippen molar-refractivity contribution in [2.75, 3.05) is 19.6 Å². The molecule has 0 aromatic carbocycles. The molecule has 17 heavy (non-hydrogen) atoms. The highest BCUT2D eigenvalue weighted by atomic mass is 19.4. The van der Waals surface area contributed by atoms with Crippen LogP contribution in [0.3, 0.4) is 0 Å². The Bertz CT molecular complexity index is 250. The first-order valence-electron chi connectivity index (χ1n) is 6.01. The standard InChI is InChI=1S/C11H19F3N2O/c1-2-16(9-4-3-7-15-8-9)10(17)5-6-11(12,13)14/h9,15H,2-8H2,1H3. The van der Waals surface area contributed by atoms with E-state index >= 15 is 0 Å². The van der Waals surface area contributed by atoms with E-state index in [9.17, 15) is 18.0 Å². The molecule has 0 radical (unpaired) electrons. The van der Waals surface area contributed by atoms with Gasteiger partial charge in [0.05, 0.1) is 6.42 Å². The maximum absolute atomic E-state index is 12.0. The Morgan fingerprint density at radius 3 is 2.65 bits per heavy atom. The van der Waals surface area contributed by atoms with E-state index in [4.69, 9.17) is 0 Å². The number of alkyl halides is 3. The van der Waals surface area contributed by atoms with Crippen molar-refractivity contribution in [3.05, 3.63) is 0 Å². The van der Waals surface area contributed by atoms with Crippen LogP contribution in [-0.4, -0.2) is 42.7 Å². The van der Waals surface area contributed by atoms with E-state index in [1.807, 2.05) is 0 Å². The van der Waals surface area contributed by atoms with Gasteiger partial charge in [-0.3, -0.25) is 4.79 Å². The van der Waals surface area contributed by atoms with E-state index < -0.39 is 24.9 Å². The van der Waals surface area contributed by atoms with Crippen LogP contribution >= 0.6 is 0 Å². The molecule has 1 amide bonds. The normalized spacial score (nSPS) is 21.3. The van der Waals surface area contributed by atoms with E-state index in [0.717, 1.165) is 19.4 Å². The first kappa shape index (κ1) is 14.3. The first-order valence-corrected chi connectivity index (χ1v) is 6.01. The summed E-state index contributed by atoms with van der Waals surface area (Å²) in [4.78, 5) is 13.3. The van der Waals surface area contributed by atoms with Crippen LogP contribution in [-0.2, 0) is 4.79 Å². The van der Waals surface area contributed by atoms with Crippen LogP contribution in [0.4, 0.5) is 13.2 Å². The summed E-state index contributed by atoms with van der Waals surface area (Å²) in [6.07, 6.45) is -3.87.